The van der Waals surface area contributed by atoms with Gasteiger partial charge in [0.15, 0.2) is 0 Å². The quantitative estimate of drug-likeness (QED) is 0.783. The molecule has 2 N–H and O–H groups in total. The Morgan fingerprint density at radius 3 is 2.44 bits per heavy atom. The van der Waals surface area contributed by atoms with E-state index in [9.17, 15) is 4.79 Å². The fraction of sp³-hybridized carbons (Fsp3) is 0.417. The smallest absolute Gasteiger partial charge is 0.219 e. The van der Waals surface area contributed by atoms with Gasteiger partial charge >= 0.3 is 0 Å². The Balaban J connectivity index is 2.01. The zero-order valence-corrected chi connectivity index (χ0v) is 11.1. The standard InChI is InChI=1S/C12H16N4OS/c1-9(17)15-4-6-16(7-5-15)10-2-3-11(12(13)18)14-8-10/h2-3,8H,4-7H2,1H3,(H2,13,18). The topological polar surface area (TPSA) is 62.5 Å². The maximum atomic E-state index is 11.2. The van der Waals surface area contributed by atoms with Crippen LogP contribution >= 0.6 is 12.2 Å². The normalized spacial score (nSPS) is 15.6. The van der Waals surface area contributed by atoms with Crippen LogP contribution in [0.3, 0.4) is 0 Å². The van der Waals surface area contributed by atoms with Crippen LogP contribution in [0.4, 0.5) is 5.69 Å². The minimum atomic E-state index is 0.136. The van der Waals surface area contributed by atoms with Gasteiger partial charge in [0.1, 0.15) is 4.99 Å². The third-order valence-electron chi connectivity index (χ3n) is 3.09. The van der Waals surface area contributed by atoms with Crippen LogP contribution in [0.2, 0.25) is 0 Å². The van der Waals surface area contributed by atoms with Crippen molar-refractivity contribution in [3.63, 3.8) is 0 Å². The van der Waals surface area contributed by atoms with Gasteiger partial charge in [-0.15, -0.1) is 0 Å². The van der Waals surface area contributed by atoms with E-state index >= 15 is 0 Å². The van der Waals surface area contributed by atoms with Gasteiger partial charge in [-0.25, -0.2) is 0 Å². The summed E-state index contributed by atoms with van der Waals surface area (Å²) in [5.74, 6) is 0.136. The van der Waals surface area contributed by atoms with Crippen molar-refractivity contribution in [1.29, 1.82) is 0 Å². The van der Waals surface area contributed by atoms with Gasteiger partial charge in [-0.3, -0.25) is 9.78 Å². The zero-order valence-electron chi connectivity index (χ0n) is 10.3. The molecule has 5 nitrogen and oxygen atoms in total. The third-order valence-corrected chi connectivity index (χ3v) is 3.30. The lowest BCUT2D eigenvalue weighted by Gasteiger charge is -2.35. The Bertz CT molecular complexity index is 452. The molecular formula is C12H16N4OS. The van der Waals surface area contributed by atoms with Crippen LogP contribution in [-0.2, 0) is 4.79 Å². The lowest BCUT2D eigenvalue weighted by atomic mass is 10.2. The summed E-state index contributed by atoms with van der Waals surface area (Å²) >= 11 is 4.86. The Morgan fingerprint density at radius 2 is 2.00 bits per heavy atom. The highest BCUT2D eigenvalue weighted by Gasteiger charge is 2.18. The summed E-state index contributed by atoms with van der Waals surface area (Å²) in [6, 6.07) is 3.79. The summed E-state index contributed by atoms with van der Waals surface area (Å²) < 4.78 is 0. The van der Waals surface area contributed by atoms with Crippen LogP contribution in [-0.4, -0.2) is 47.0 Å². The predicted octanol–water partition coefficient (Wildman–Crippen LogP) is 0.384. The number of amides is 1. The number of thiocarbonyl (C=S) groups is 1. The summed E-state index contributed by atoms with van der Waals surface area (Å²) in [5, 5.41) is 0. The summed E-state index contributed by atoms with van der Waals surface area (Å²) in [5.41, 5.74) is 7.18. The number of aromatic nitrogens is 1. The average Bonchev–Trinajstić information content (AvgIpc) is 2.39. The molecule has 0 unspecified atom stereocenters. The van der Waals surface area contributed by atoms with Gasteiger partial charge in [-0.1, -0.05) is 12.2 Å². The Labute approximate surface area is 112 Å². The van der Waals surface area contributed by atoms with Crippen LogP contribution in [0.25, 0.3) is 0 Å². The molecule has 0 bridgehead atoms. The molecule has 96 valence electrons. The zero-order chi connectivity index (χ0) is 13.1. The number of rotatable bonds is 2. The van der Waals surface area contributed by atoms with E-state index in [2.05, 4.69) is 9.88 Å². The van der Waals surface area contributed by atoms with Crippen molar-refractivity contribution in [3.8, 4) is 0 Å². The number of piperazine rings is 1. The lowest BCUT2D eigenvalue weighted by Crippen LogP contribution is -2.48. The highest BCUT2D eigenvalue weighted by Crippen LogP contribution is 2.15. The summed E-state index contributed by atoms with van der Waals surface area (Å²) in [4.78, 5) is 19.8. The van der Waals surface area contributed by atoms with Crippen LogP contribution in [0.5, 0.6) is 0 Å². The van der Waals surface area contributed by atoms with Crippen molar-refractivity contribution in [2.24, 2.45) is 5.73 Å². The monoisotopic (exact) mass is 264 g/mol. The average molecular weight is 264 g/mol. The largest absolute Gasteiger partial charge is 0.388 e. The molecule has 1 aromatic heterocycles. The number of anilines is 1. The minimum Gasteiger partial charge on any atom is -0.388 e. The van der Waals surface area contributed by atoms with E-state index in [-0.39, 0.29) is 5.91 Å². The molecule has 1 aliphatic heterocycles. The number of nitrogens with zero attached hydrogens (tertiary/aromatic N) is 3. The Kier molecular flexibility index (Phi) is 3.76. The molecule has 0 atom stereocenters. The number of hydrogen-bond donors (Lipinski definition) is 1. The highest BCUT2D eigenvalue weighted by atomic mass is 32.1. The first-order chi connectivity index (χ1) is 8.58. The molecule has 6 heteroatoms. The Morgan fingerprint density at radius 1 is 1.33 bits per heavy atom. The number of pyridine rings is 1. The molecular weight excluding hydrogens is 248 g/mol. The molecule has 0 saturated carbocycles. The predicted molar refractivity (Wildman–Crippen MR) is 74.6 cm³/mol. The van der Waals surface area contributed by atoms with E-state index in [4.69, 9.17) is 18.0 Å². The van der Waals surface area contributed by atoms with Crippen LogP contribution in [0, 0.1) is 0 Å². The van der Waals surface area contributed by atoms with Gasteiger partial charge in [0, 0.05) is 33.1 Å². The molecule has 18 heavy (non-hydrogen) atoms. The van der Waals surface area contributed by atoms with Crippen LogP contribution < -0.4 is 10.6 Å². The molecule has 0 spiro atoms. The van der Waals surface area contributed by atoms with Crippen molar-refractivity contribution in [1.82, 2.24) is 9.88 Å². The summed E-state index contributed by atoms with van der Waals surface area (Å²) in [7, 11) is 0. The highest BCUT2D eigenvalue weighted by molar-refractivity contribution is 7.80. The van der Waals surface area contributed by atoms with Crippen molar-refractivity contribution in [3.05, 3.63) is 24.0 Å². The minimum absolute atomic E-state index is 0.136. The van der Waals surface area contributed by atoms with Crippen molar-refractivity contribution in [2.45, 2.75) is 6.92 Å². The molecule has 0 radical (unpaired) electrons. The van der Waals surface area contributed by atoms with E-state index in [0.717, 1.165) is 31.9 Å². The molecule has 1 saturated heterocycles. The fourth-order valence-electron chi connectivity index (χ4n) is 2.00. The first-order valence-electron chi connectivity index (χ1n) is 5.84. The molecule has 1 aliphatic rings. The Hall–Kier alpha value is -1.69. The van der Waals surface area contributed by atoms with Gasteiger partial charge in [0.05, 0.1) is 17.6 Å². The second kappa shape index (κ2) is 5.30. The van der Waals surface area contributed by atoms with Crippen molar-refractivity contribution in [2.75, 3.05) is 31.1 Å². The van der Waals surface area contributed by atoms with Gasteiger partial charge in [0.25, 0.3) is 0 Å². The molecule has 1 aromatic rings. The van der Waals surface area contributed by atoms with Crippen molar-refractivity contribution >= 4 is 28.8 Å². The molecule has 2 rings (SSSR count). The van der Waals surface area contributed by atoms with E-state index in [1.165, 1.54) is 0 Å². The second-order valence-electron chi connectivity index (χ2n) is 4.26. The number of nitrogens with two attached hydrogens (primary N) is 1. The molecule has 1 fully saturated rings. The SMILES string of the molecule is CC(=O)N1CCN(c2ccc(C(N)=S)nc2)CC1. The van der Waals surface area contributed by atoms with E-state index in [1.54, 1.807) is 13.1 Å². The summed E-state index contributed by atoms with van der Waals surface area (Å²) in [6.07, 6.45) is 1.78. The molecule has 0 aromatic carbocycles. The third kappa shape index (κ3) is 2.76. The number of carbonyl (C=O) groups is 1. The molecule has 1 amide bonds. The maximum absolute atomic E-state index is 11.2. The molecule has 0 aliphatic carbocycles. The van der Waals surface area contributed by atoms with E-state index in [1.807, 2.05) is 17.0 Å². The first-order valence-corrected chi connectivity index (χ1v) is 6.25. The molecule has 2 heterocycles. The van der Waals surface area contributed by atoms with Gasteiger partial charge in [-0.05, 0) is 12.1 Å². The number of carbonyl (C=O) groups excluding carboxylic acids is 1. The fourth-order valence-corrected chi connectivity index (χ4v) is 2.12. The van der Waals surface area contributed by atoms with Gasteiger partial charge < -0.3 is 15.5 Å². The van der Waals surface area contributed by atoms with Crippen molar-refractivity contribution < 1.29 is 4.79 Å². The second-order valence-corrected chi connectivity index (χ2v) is 4.70. The van der Waals surface area contributed by atoms with Gasteiger partial charge in [0.2, 0.25) is 5.91 Å². The lowest BCUT2D eigenvalue weighted by molar-refractivity contribution is -0.129. The maximum Gasteiger partial charge on any atom is 0.219 e. The van der Waals surface area contributed by atoms with E-state index < -0.39 is 0 Å². The summed E-state index contributed by atoms with van der Waals surface area (Å²) in [6.45, 7) is 4.77. The first kappa shape index (κ1) is 12.8. The van der Waals surface area contributed by atoms with E-state index in [0.29, 0.717) is 10.7 Å². The van der Waals surface area contributed by atoms with Crippen LogP contribution in [0.1, 0.15) is 12.6 Å². The van der Waals surface area contributed by atoms with Gasteiger partial charge in [-0.2, -0.15) is 0 Å². The van der Waals surface area contributed by atoms with Crippen LogP contribution in [0.15, 0.2) is 18.3 Å². The number of hydrogen-bond acceptors (Lipinski definition) is 4.